The van der Waals surface area contributed by atoms with E-state index < -0.39 is 0 Å². The number of carbonyl (C=O) groups excluding carboxylic acids is 1. The van der Waals surface area contributed by atoms with Crippen LogP contribution in [-0.4, -0.2) is 58.6 Å². The van der Waals surface area contributed by atoms with E-state index in [9.17, 15) is 4.79 Å². The lowest BCUT2D eigenvalue weighted by molar-refractivity contribution is 0.0766. The molecule has 1 aromatic heterocycles. The Balaban J connectivity index is 1.51. The van der Waals surface area contributed by atoms with Gasteiger partial charge in [-0.05, 0) is 50.9 Å². The number of likely N-dealkylation sites (tertiary alicyclic amines) is 1. The molecule has 0 aliphatic carbocycles. The minimum Gasteiger partial charge on any atom is -0.487 e. The van der Waals surface area contributed by atoms with Gasteiger partial charge in [-0.15, -0.1) is 0 Å². The van der Waals surface area contributed by atoms with Crippen molar-refractivity contribution in [2.75, 3.05) is 26.7 Å². The molecule has 2 heterocycles. The molecule has 1 aromatic carbocycles. The summed E-state index contributed by atoms with van der Waals surface area (Å²) in [5, 5.41) is 7.06. The number of hydrogen-bond acceptors (Lipinski definition) is 4. The van der Waals surface area contributed by atoms with Crippen LogP contribution >= 0.6 is 0 Å². The highest BCUT2D eigenvalue weighted by molar-refractivity contribution is 5.92. The lowest BCUT2D eigenvalue weighted by atomic mass is 10.1. The van der Waals surface area contributed by atoms with E-state index in [1.165, 1.54) is 0 Å². The molecule has 1 atom stereocenters. The van der Waals surface area contributed by atoms with Gasteiger partial charge in [0.25, 0.3) is 5.91 Å². The second kappa shape index (κ2) is 8.36. The van der Waals surface area contributed by atoms with E-state index in [1.54, 1.807) is 11.0 Å². The highest BCUT2D eigenvalue weighted by Crippen LogP contribution is 2.20. The van der Waals surface area contributed by atoms with Gasteiger partial charge in [0.1, 0.15) is 12.4 Å². The van der Waals surface area contributed by atoms with Gasteiger partial charge in [-0.25, -0.2) is 0 Å². The molecule has 0 spiro atoms. The Morgan fingerprint density at radius 3 is 2.85 bits per heavy atom. The molecular formula is C20H28N4O2. The SMILES string of the molecule is CC(C)N1CCC(CN(C)C(=O)c2cc(COc3ccccc3)[nH]n2)C1. The van der Waals surface area contributed by atoms with Crippen molar-refractivity contribution in [1.29, 1.82) is 0 Å². The van der Waals surface area contributed by atoms with Gasteiger partial charge in [0.2, 0.25) is 0 Å². The van der Waals surface area contributed by atoms with Crippen LogP contribution in [0.25, 0.3) is 0 Å². The Kier molecular flexibility index (Phi) is 5.93. The molecule has 140 valence electrons. The molecule has 26 heavy (non-hydrogen) atoms. The van der Waals surface area contributed by atoms with E-state index in [4.69, 9.17) is 4.74 Å². The second-order valence-electron chi connectivity index (χ2n) is 7.31. The standard InChI is InChI=1S/C20H28N4O2/c1-15(2)24-10-9-16(13-24)12-23(3)20(25)19-11-17(21-22-19)14-26-18-7-5-4-6-8-18/h4-8,11,15-16H,9-10,12-14H2,1-3H3,(H,21,22). The molecule has 1 unspecified atom stereocenters. The Bertz CT molecular complexity index is 714. The highest BCUT2D eigenvalue weighted by atomic mass is 16.5. The van der Waals surface area contributed by atoms with Crippen LogP contribution in [-0.2, 0) is 6.61 Å². The number of aromatic nitrogens is 2. The van der Waals surface area contributed by atoms with Crippen LogP contribution in [0.4, 0.5) is 0 Å². The number of amides is 1. The number of nitrogens with zero attached hydrogens (tertiary/aromatic N) is 3. The zero-order valence-electron chi connectivity index (χ0n) is 15.8. The van der Waals surface area contributed by atoms with Gasteiger partial charge in [0, 0.05) is 26.2 Å². The lowest BCUT2D eigenvalue weighted by Crippen LogP contribution is -2.34. The van der Waals surface area contributed by atoms with Gasteiger partial charge in [-0.1, -0.05) is 18.2 Å². The van der Waals surface area contributed by atoms with Crippen LogP contribution in [0.5, 0.6) is 5.75 Å². The summed E-state index contributed by atoms with van der Waals surface area (Å²) in [6, 6.07) is 11.9. The van der Waals surface area contributed by atoms with Gasteiger partial charge < -0.3 is 14.5 Å². The number of carbonyl (C=O) groups is 1. The number of H-pyrrole nitrogens is 1. The first-order valence-electron chi connectivity index (χ1n) is 9.24. The molecule has 6 nitrogen and oxygen atoms in total. The van der Waals surface area contributed by atoms with Crippen LogP contribution in [0.1, 0.15) is 36.5 Å². The molecule has 2 aromatic rings. The normalized spacial score (nSPS) is 17.6. The average molecular weight is 356 g/mol. The monoisotopic (exact) mass is 356 g/mol. The van der Waals surface area contributed by atoms with E-state index in [2.05, 4.69) is 28.9 Å². The van der Waals surface area contributed by atoms with Crippen LogP contribution in [0, 0.1) is 5.92 Å². The fourth-order valence-corrected chi connectivity index (χ4v) is 3.37. The molecule has 6 heteroatoms. The van der Waals surface area contributed by atoms with Gasteiger partial charge in [-0.3, -0.25) is 9.89 Å². The predicted octanol–water partition coefficient (Wildman–Crippen LogP) is 2.79. The summed E-state index contributed by atoms with van der Waals surface area (Å²) in [5.41, 5.74) is 1.23. The smallest absolute Gasteiger partial charge is 0.274 e. The summed E-state index contributed by atoms with van der Waals surface area (Å²) in [5.74, 6) is 1.28. The van der Waals surface area contributed by atoms with Crippen molar-refractivity contribution in [2.45, 2.75) is 32.9 Å². The molecular weight excluding hydrogens is 328 g/mol. The number of nitrogens with one attached hydrogen (secondary N) is 1. The van der Waals surface area contributed by atoms with Crippen LogP contribution in [0.15, 0.2) is 36.4 Å². The molecule has 3 rings (SSSR count). The van der Waals surface area contributed by atoms with Crippen molar-refractivity contribution < 1.29 is 9.53 Å². The Morgan fingerprint density at radius 1 is 1.38 bits per heavy atom. The largest absolute Gasteiger partial charge is 0.487 e. The summed E-state index contributed by atoms with van der Waals surface area (Å²) in [6.07, 6.45) is 1.15. The topological polar surface area (TPSA) is 61.5 Å². The molecule has 0 bridgehead atoms. The van der Waals surface area contributed by atoms with Crippen molar-refractivity contribution in [3.8, 4) is 5.75 Å². The predicted molar refractivity (Wildman–Crippen MR) is 101 cm³/mol. The van der Waals surface area contributed by atoms with Crippen LogP contribution < -0.4 is 4.74 Å². The number of para-hydroxylation sites is 1. The summed E-state index contributed by atoms with van der Waals surface area (Å²) in [7, 11) is 1.86. The van der Waals surface area contributed by atoms with Gasteiger partial charge in [-0.2, -0.15) is 5.10 Å². The molecule has 0 saturated carbocycles. The van der Waals surface area contributed by atoms with Gasteiger partial charge >= 0.3 is 0 Å². The minimum absolute atomic E-state index is 0.0461. The maximum Gasteiger partial charge on any atom is 0.274 e. The van der Waals surface area contributed by atoms with E-state index in [0.717, 1.165) is 37.5 Å². The number of hydrogen-bond donors (Lipinski definition) is 1. The van der Waals surface area contributed by atoms with Crippen molar-refractivity contribution in [3.05, 3.63) is 47.8 Å². The maximum atomic E-state index is 12.6. The molecule has 1 fully saturated rings. The first-order chi connectivity index (χ1) is 12.5. The zero-order valence-corrected chi connectivity index (χ0v) is 15.8. The van der Waals surface area contributed by atoms with Crippen LogP contribution in [0.3, 0.4) is 0 Å². The number of aromatic amines is 1. The van der Waals surface area contributed by atoms with E-state index >= 15 is 0 Å². The molecule has 1 saturated heterocycles. The lowest BCUT2D eigenvalue weighted by Gasteiger charge is -2.23. The number of ether oxygens (including phenoxy) is 1. The van der Waals surface area contributed by atoms with Crippen molar-refractivity contribution in [1.82, 2.24) is 20.0 Å². The number of benzene rings is 1. The van der Waals surface area contributed by atoms with E-state index in [1.807, 2.05) is 37.4 Å². The van der Waals surface area contributed by atoms with Crippen molar-refractivity contribution >= 4 is 5.91 Å². The fraction of sp³-hybridized carbons (Fsp3) is 0.500. The third-order valence-corrected chi connectivity index (χ3v) is 4.91. The third-order valence-electron chi connectivity index (χ3n) is 4.91. The Hall–Kier alpha value is -2.34. The third kappa shape index (κ3) is 4.64. The molecule has 1 aliphatic rings. The van der Waals surface area contributed by atoms with Crippen LogP contribution in [0.2, 0.25) is 0 Å². The molecule has 1 amide bonds. The summed E-state index contributed by atoms with van der Waals surface area (Å²) in [6.45, 7) is 7.75. The first kappa shape index (κ1) is 18.5. The van der Waals surface area contributed by atoms with E-state index in [0.29, 0.717) is 24.3 Å². The van der Waals surface area contributed by atoms with Gasteiger partial charge in [0.05, 0.1) is 5.69 Å². The summed E-state index contributed by atoms with van der Waals surface area (Å²) >= 11 is 0. The highest BCUT2D eigenvalue weighted by Gasteiger charge is 2.27. The molecule has 1 aliphatic heterocycles. The Morgan fingerprint density at radius 2 is 2.15 bits per heavy atom. The Labute approximate surface area is 155 Å². The first-order valence-corrected chi connectivity index (χ1v) is 9.24. The van der Waals surface area contributed by atoms with Gasteiger partial charge in [0.15, 0.2) is 5.69 Å². The van der Waals surface area contributed by atoms with Crippen molar-refractivity contribution in [2.24, 2.45) is 5.92 Å². The fourth-order valence-electron chi connectivity index (χ4n) is 3.37. The molecule has 1 N–H and O–H groups in total. The summed E-state index contributed by atoms with van der Waals surface area (Å²) in [4.78, 5) is 16.9. The quantitative estimate of drug-likeness (QED) is 0.829. The zero-order chi connectivity index (χ0) is 18.5. The second-order valence-corrected chi connectivity index (χ2v) is 7.31. The number of rotatable bonds is 7. The van der Waals surface area contributed by atoms with E-state index in [-0.39, 0.29) is 5.91 Å². The van der Waals surface area contributed by atoms with Crippen molar-refractivity contribution in [3.63, 3.8) is 0 Å². The maximum absolute atomic E-state index is 12.6. The average Bonchev–Trinajstić information content (AvgIpc) is 3.30. The molecule has 0 radical (unpaired) electrons. The summed E-state index contributed by atoms with van der Waals surface area (Å²) < 4.78 is 5.69. The minimum atomic E-state index is -0.0461.